The number of ether oxygens (including phenoxy) is 1. The minimum Gasteiger partial charge on any atom is -0.406 e. The number of carbonyl (C=O) groups excluding carboxylic acids is 1. The molecule has 1 amide bonds. The molecule has 0 heterocycles. The Morgan fingerprint density at radius 2 is 1.77 bits per heavy atom. The number of likely N-dealkylation sites (N-methyl/N-ethyl adjacent to an activating group) is 1. The van der Waals surface area contributed by atoms with Crippen molar-refractivity contribution in [2.45, 2.75) is 19.1 Å². The van der Waals surface area contributed by atoms with Gasteiger partial charge in [-0.25, -0.2) is 4.99 Å². The van der Waals surface area contributed by atoms with E-state index < -0.39 is 37.3 Å². The fourth-order valence-corrected chi connectivity index (χ4v) is 1.69. The quantitative estimate of drug-likeness (QED) is 0.445. The highest BCUT2D eigenvalue weighted by Crippen LogP contribution is 2.22. The highest BCUT2D eigenvalue weighted by atomic mass is 19.4. The van der Waals surface area contributed by atoms with Crippen LogP contribution in [0.3, 0.4) is 0 Å². The lowest BCUT2D eigenvalue weighted by Crippen LogP contribution is -2.44. The third kappa shape index (κ3) is 8.99. The van der Waals surface area contributed by atoms with Crippen molar-refractivity contribution in [1.29, 1.82) is 0 Å². The molecule has 0 saturated heterocycles. The van der Waals surface area contributed by atoms with Gasteiger partial charge in [0.2, 0.25) is 5.91 Å². The molecule has 0 aromatic heterocycles. The molecule has 0 bridgehead atoms. The van der Waals surface area contributed by atoms with E-state index in [1.807, 2.05) is 0 Å². The molecule has 26 heavy (non-hydrogen) atoms. The number of nitrogens with two attached hydrogens (primary N) is 1. The van der Waals surface area contributed by atoms with Gasteiger partial charge in [-0.3, -0.25) is 4.79 Å². The predicted octanol–water partition coefficient (Wildman–Crippen LogP) is 2.01. The molecule has 0 aliphatic heterocycles. The lowest BCUT2D eigenvalue weighted by molar-refractivity contribution is -0.274. The molecule has 1 aromatic carbocycles. The van der Waals surface area contributed by atoms with E-state index in [2.05, 4.69) is 15.0 Å². The van der Waals surface area contributed by atoms with E-state index in [4.69, 9.17) is 5.73 Å². The van der Waals surface area contributed by atoms with Crippen LogP contribution in [0, 0.1) is 0 Å². The first-order valence-electron chi connectivity index (χ1n) is 7.05. The number of rotatable bonds is 6. The van der Waals surface area contributed by atoms with Crippen molar-refractivity contribution in [3.8, 4) is 5.75 Å². The lowest BCUT2D eigenvalue weighted by Gasteiger charge is -2.19. The first kappa shape index (κ1) is 21.4. The summed E-state index contributed by atoms with van der Waals surface area (Å²) in [7, 11) is 0.995. The minimum atomic E-state index is -4.79. The van der Waals surface area contributed by atoms with Crippen molar-refractivity contribution in [2.24, 2.45) is 10.7 Å². The van der Waals surface area contributed by atoms with Gasteiger partial charge in [0.15, 0.2) is 5.96 Å². The van der Waals surface area contributed by atoms with Gasteiger partial charge in [0, 0.05) is 7.05 Å². The number of hydrogen-bond acceptors (Lipinski definition) is 3. The molecule has 146 valence electrons. The van der Waals surface area contributed by atoms with Gasteiger partial charge in [-0.15, -0.1) is 13.2 Å². The van der Waals surface area contributed by atoms with Crippen molar-refractivity contribution in [3.05, 3.63) is 29.8 Å². The van der Waals surface area contributed by atoms with E-state index in [0.717, 1.165) is 19.2 Å². The number of halogens is 6. The van der Waals surface area contributed by atoms with E-state index in [1.54, 1.807) is 0 Å². The number of benzene rings is 1. The number of aliphatic imine (C=N–C) groups is 1. The molecule has 0 spiro atoms. The second-order valence-corrected chi connectivity index (χ2v) is 5.11. The number of alkyl halides is 6. The zero-order valence-electron chi connectivity index (χ0n) is 13.5. The van der Waals surface area contributed by atoms with Crippen LogP contribution in [0.2, 0.25) is 0 Å². The smallest absolute Gasteiger partial charge is 0.406 e. The number of amides is 1. The summed E-state index contributed by atoms with van der Waals surface area (Å²) in [5.41, 5.74) is 5.99. The van der Waals surface area contributed by atoms with Gasteiger partial charge < -0.3 is 20.7 Å². The second-order valence-electron chi connectivity index (χ2n) is 5.11. The van der Waals surface area contributed by atoms with E-state index >= 15 is 0 Å². The average Bonchev–Trinajstić information content (AvgIpc) is 2.48. The Morgan fingerprint density at radius 1 is 1.19 bits per heavy atom. The van der Waals surface area contributed by atoms with Crippen LogP contribution in [-0.4, -0.2) is 49.4 Å². The summed E-state index contributed by atoms with van der Waals surface area (Å²) in [5.74, 6) is -1.43. The molecule has 12 heteroatoms. The molecule has 0 unspecified atom stereocenters. The fourth-order valence-electron chi connectivity index (χ4n) is 1.69. The van der Waals surface area contributed by atoms with Crippen LogP contribution in [-0.2, 0) is 11.3 Å². The first-order chi connectivity index (χ1) is 11.9. The number of nitrogens with zero attached hydrogens (tertiary/aromatic N) is 2. The Labute approximate surface area is 144 Å². The Bertz CT molecular complexity index is 628. The number of guanidine groups is 1. The third-order valence-corrected chi connectivity index (χ3v) is 2.85. The minimum absolute atomic E-state index is 0.0162. The summed E-state index contributed by atoms with van der Waals surface area (Å²) in [4.78, 5) is 15.8. The van der Waals surface area contributed by atoms with E-state index in [1.165, 1.54) is 12.1 Å². The number of hydrogen-bond donors (Lipinski definition) is 2. The average molecular weight is 386 g/mol. The summed E-state index contributed by atoms with van der Waals surface area (Å²) in [5, 5.41) is 2.36. The molecular formula is C14H16F6N4O2. The normalized spacial score (nSPS) is 12.7. The van der Waals surface area contributed by atoms with E-state index in [0.29, 0.717) is 10.5 Å². The Balaban J connectivity index is 2.47. The maximum atomic E-state index is 12.2. The van der Waals surface area contributed by atoms with Crippen LogP contribution in [0.5, 0.6) is 5.75 Å². The lowest BCUT2D eigenvalue weighted by atomic mass is 10.2. The van der Waals surface area contributed by atoms with Crippen LogP contribution >= 0.6 is 0 Å². The second kappa shape index (κ2) is 8.63. The molecule has 0 radical (unpaired) electrons. The number of carbonyl (C=O) groups is 1. The fraction of sp³-hybridized carbons (Fsp3) is 0.429. The van der Waals surface area contributed by atoms with Crippen molar-refractivity contribution >= 4 is 11.9 Å². The van der Waals surface area contributed by atoms with Crippen molar-refractivity contribution in [2.75, 3.05) is 20.1 Å². The van der Waals surface area contributed by atoms with Crippen LogP contribution < -0.4 is 15.8 Å². The van der Waals surface area contributed by atoms with Gasteiger partial charge in [-0.05, 0) is 17.7 Å². The van der Waals surface area contributed by atoms with Crippen LogP contribution in [0.4, 0.5) is 26.3 Å². The summed E-state index contributed by atoms with van der Waals surface area (Å²) < 4.78 is 76.3. The molecule has 1 rings (SSSR count). The van der Waals surface area contributed by atoms with Gasteiger partial charge in [-0.1, -0.05) is 12.1 Å². The highest BCUT2D eigenvalue weighted by molar-refractivity contribution is 5.85. The summed E-state index contributed by atoms with van der Waals surface area (Å²) >= 11 is 0. The van der Waals surface area contributed by atoms with Crippen LogP contribution in [0.1, 0.15) is 5.56 Å². The van der Waals surface area contributed by atoms with Crippen molar-refractivity contribution < 1.29 is 35.9 Å². The van der Waals surface area contributed by atoms with Crippen molar-refractivity contribution in [1.82, 2.24) is 10.2 Å². The Morgan fingerprint density at radius 3 is 2.27 bits per heavy atom. The Hall–Kier alpha value is -2.66. The molecule has 0 aliphatic carbocycles. The third-order valence-electron chi connectivity index (χ3n) is 2.85. The van der Waals surface area contributed by atoms with E-state index in [9.17, 15) is 31.1 Å². The largest absolute Gasteiger partial charge is 0.573 e. The number of nitrogens with one attached hydrogen (secondary N) is 1. The maximum absolute atomic E-state index is 12.2. The van der Waals surface area contributed by atoms with Crippen molar-refractivity contribution in [3.63, 3.8) is 0 Å². The van der Waals surface area contributed by atoms with E-state index in [-0.39, 0.29) is 12.5 Å². The molecule has 0 atom stereocenters. The van der Waals surface area contributed by atoms with Gasteiger partial charge in [0.1, 0.15) is 12.3 Å². The Kier molecular flexibility index (Phi) is 7.10. The van der Waals surface area contributed by atoms with Gasteiger partial charge in [0.05, 0.1) is 13.1 Å². The molecule has 3 N–H and O–H groups in total. The first-order valence-corrected chi connectivity index (χ1v) is 7.05. The zero-order valence-corrected chi connectivity index (χ0v) is 13.5. The molecule has 1 aromatic rings. The van der Waals surface area contributed by atoms with Gasteiger partial charge in [-0.2, -0.15) is 13.2 Å². The molecule has 0 aliphatic rings. The predicted molar refractivity (Wildman–Crippen MR) is 80.1 cm³/mol. The zero-order chi connectivity index (χ0) is 20.0. The van der Waals surface area contributed by atoms with Gasteiger partial charge in [0.25, 0.3) is 0 Å². The molecule has 0 fully saturated rings. The standard InChI is InChI=1S/C14H16F6N4O2/c1-24(8-13(15,16)17)11(25)7-23-12(21)22-6-9-2-4-10(5-3-9)26-14(18,19)20/h2-5H,6-8H2,1H3,(H3,21,22,23). The molecule has 6 nitrogen and oxygen atoms in total. The van der Waals surface area contributed by atoms with Gasteiger partial charge >= 0.3 is 12.5 Å². The molecular weight excluding hydrogens is 370 g/mol. The summed E-state index contributed by atoms with van der Waals surface area (Å²) in [6.45, 7) is -1.89. The maximum Gasteiger partial charge on any atom is 0.573 e. The highest BCUT2D eigenvalue weighted by Gasteiger charge is 2.31. The SMILES string of the molecule is CN(CC(F)(F)F)C(=O)CNC(N)=NCc1ccc(OC(F)(F)F)cc1. The van der Waals surface area contributed by atoms with Crippen LogP contribution in [0.25, 0.3) is 0 Å². The summed E-state index contributed by atoms with van der Waals surface area (Å²) in [6, 6.07) is 4.86. The monoisotopic (exact) mass is 386 g/mol. The summed E-state index contributed by atoms with van der Waals surface area (Å²) in [6.07, 6.45) is -9.30. The molecule has 0 saturated carbocycles. The van der Waals surface area contributed by atoms with Crippen LogP contribution in [0.15, 0.2) is 29.3 Å². The topological polar surface area (TPSA) is 80.0 Å².